The van der Waals surface area contributed by atoms with Crippen LogP contribution in [0.25, 0.3) is 11.0 Å². The van der Waals surface area contributed by atoms with Gasteiger partial charge in [-0.25, -0.2) is 9.97 Å². The Bertz CT molecular complexity index is 1040. The minimum Gasteiger partial charge on any atom is -0.543 e. The van der Waals surface area contributed by atoms with Gasteiger partial charge in [0.1, 0.15) is 17.2 Å². The molecule has 0 saturated carbocycles. The average molecular weight is 443 g/mol. The molecule has 29 heavy (non-hydrogen) atoms. The van der Waals surface area contributed by atoms with Crippen molar-refractivity contribution in [1.29, 1.82) is 0 Å². The first-order chi connectivity index (χ1) is 13.4. The summed E-state index contributed by atoms with van der Waals surface area (Å²) in [7, 11) is 0. The van der Waals surface area contributed by atoms with Crippen molar-refractivity contribution in [2.45, 2.75) is 29.9 Å². The maximum Gasteiger partial charge on any atom is 1.00 e. The van der Waals surface area contributed by atoms with Crippen LogP contribution in [0.15, 0.2) is 22.0 Å². The van der Waals surface area contributed by atoms with Gasteiger partial charge in [0.05, 0.1) is 23.2 Å². The number of carboxylic acids is 1. The predicted molar refractivity (Wildman–Crippen MR) is 99.3 cm³/mol. The van der Waals surface area contributed by atoms with Crippen molar-refractivity contribution >= 4 is 58.2 Å². The molecule has 0 radical (unpaired) electrons. The molecule has 14 heteroatoms. The first kappa shape index (κ1) is 21.9. The Hall–Kier alpha value is -1.80. The Balaban J connectivity index is 0.00000240. The second-order valence-electron chi connectivity index (χ2n) is 5.99. The molecule has 4 rings (SSSR count). The second-order valence-corrected chi connectivity index (χ2v) is 8.16. The minimum absolute atomic E-state index is 0. The van der Waals surface area contributed by atoms with Gasteiger partial charge in [0.25, 0.3) is 5.91 Å². The molecule has 2 aliphatic heterocycles. The van der Waals surface area contributed by atoms with E-state index >= 15 is 0 Å². The number of nitrogen functional groups attached to an aromatic ring is 1. The van der Waals surface area contributed by atoms with Crippen molar-refractivity contribution in [1.82, 2.24) is 30.4 Å². The average Bonchev–Trinajstić information content (AvgIpc) is 3.14. The number of aromatic nitrogens is 4. The zero-order valence-electron chi connectivity index (χ0n) is 15.5. The van der Waals surface area contributed by atoms with E-state index in [9.17, 15) is 19.5 Å². The summed E-state index contributed by atoms with van der Waals surface area (Å²) in [5, 5.41) is 21.2. The molecule has 4 heterocycles. The summed E-state index contributed by atoms with van der Waals surface area (Å²) < 4.78 is 0. The van der Waals surface area contributed by atoms with Gasteiger partial charge in [0.2, 0.25) is 5.91 Å². The van der Waals surface area contributed by atoms with Gasteiger partial charge in [-0.2, -0.15) is 5.10 Å². The third kappa shape index (κ3) is 3.84. The molecule has 0 aromatic carbocycles. The number of hydrogen-bond donors (Lipinski definition) is 3. The fraction of sp³-hybridized carbons (Fsp3) is 0.333. The summed E-state index contributed by atoms with van der Waals surface area (Å²) in [5.41, 5.74) is 6.08. The molecule has 0 spiro atoms. The molecule has 146 valence electrons. The standard InChI is InChI=1S/C15H15N7O4S2.Na/c1-2-7(23)18-8-12(24)22-9(14(25)26)6(4-27-13(8)22)28-15-19-10(16)5-3-17-21-11(5)20-15;/h3,8,13H,2,4H2,1H3,(H,18,23)(H,25,26)(H3,16,17,19,20,21);/q;+1/p-1/t8?,13-;/m1./s1. The fourth-order valence-corrected chi connectivity index (χ4v) is 5.34. The third-order valence-electron chi connectivity index (χ3n) is 4.30. The summed E-state index contributed by atoms with van der Waals surface area (Å²) >= 11 is 2.35. The summed E-state index contributed by atoms with van der Waals surface area (Å²) in [6.45, 7) is 1.67. The van der Waals surface area contributed by atoms with E-state index in [1.165, 1.54) is 18.0 Å². The van der Waals surface area contributed by atoms with Gasteiger partial charge in [-0.1, -0.05) is 18.7 Å². The molecule has 11 nitrogen and oxygen atoms in total. The van der Waals surface area contributed by atoms with Crippen molar-refractivity contribution in [3.05, 3.63) is 16.8 Å². The third-order valence-corrected chi connectivity index (χ3v) is 6.71. The number of β-lactam (4-membered cyclic amide) rings is 1. The van der Waals surface area contributed by atoms with E-state index in [2.05, 4.69) is 25.5 Å². The number of aromatic amines is 1. The van der Waals surface area contributed by atoms with E-state index in [0.29, 0.717) is 21.7 Å². The molecule has 2 aromatic heterocycles. The van der Waals surface area contributed by atoms with Crippen LogP contribution >= 0.6 is 23.5 Å². The van der Waals surface area contributed by atoms with E-state index in [1.54, 1.807) is 6.92 Å². The Labute approximate surface area is 194 Å². The molecular weight excluding hydrogens is 429 g/mol. The van der Waals surface area contributed by atoms with Gasteiger partial charge < -0.3 is 21.0 Å². The van der Waals surface area contributed by atoms with E-state index in [1.807, 2.05) is 0 Å². The maximum atomic E-state index is 12.5. The Kier molecular flexibility index (Phi) is 6.43. The number of H-pyrrole nitrogens is 1. The number of amides is 2. The number of thioether (sulfide) groups is 2. The van der Waals surface area contributed by atoms with Crippen molar-refractivity contribution in [2.24, 2.45) is 0 Å². The number of hydrogen-bond acceptors (Lipinski definition) is 10. The Morgan fingerprint density at radius 2 is 2.24 bits per heavy atom. The quantitative estimate of drug-likeness (QED) is 0.234. The number of carbonyl (C=O) groups is 3. The second kappa shape index (κ2) is 8.52. The van der Waals surface area contributed by atoms with Crippen LogP contribution in [0.1, 0.15) is 13.3 Å². The van der Waals surface area contributed by atoms with Crippen LogP contribution in [0.4, 0.5) is 5.82 Å². The van der Waals surface area contributed by atoms with Crippen LogP contribution in [0.3, 0.4) is 0 Å². The number of carbonyl (C=O) groups excluding carboxylic acids is 3. The Morgan fingerprint density at radius 1 is 1.48 bits per heavy atom. The van der Waals surface area contributed by atoms with Crippen LogP contribution in [0.2, 0.25) is 0 Å². The van der Waals surface area contributed by atoms with E-state index in [0.717, 1.165) is 16.7 Å². The summed E-state index contributed by atoms with van der Waals surface area (Å²) in [6.07, 6.45) is 1.73. The monoisotopic (exact) mass is 443 g/mol. The molecule has 1 saturated heterocycles. The van der Waals surface area contributed by atoms with Crippen LogP contribution in [0, 0.1) is 0 Å². The minimum atomic E-state index is -1.47. The number of nitrogens with two attached hydrogens (primary N) is 1. The molecule has 0 bridgehead atoms. The molecule has 2 atom stereocenters. The first-order valence-corrected chi connectivity index (χ1v) is 10.1. The molecule has 1 fully saturated rings. The molecule has 2 aromatic rings. The molecular formula is C15H14N7NaO4S2. The SMILES string of the molecule is CCC(=O)NC1C(=O)N2C(C(=O)[O-])=C(Sc3nc(N)c4cn[nH]c4n3)CS[C@H]12.[Na+]. The summed E-state index contributed by atoms with van der Waals surface area (Å²) in [5.74, 6) is -1.72. The summed E-state index contributed by atoms with van der Waals surface area (Å²) in [4.78, 5) is 45.8. The number of anilines is 1. The largest absolute Gasteiger partial charge is 1.00 e. The van der Waals surface area contributed by atoms with Gasteiger partial charge in [-0.15, -0.1) is 11.8 Å². The van der Waals surface area contributed by atoms with Crippen LogP contribution in [0.5, 0.6) is 0 Å². The number of fused-ring (bicyclic) bond motifs is 2. The topological polar surface area (TPSA) is 170 Å². The van der Waals surface area contributed by atoms with Gasteiger partial charge >= 0.3 is 29.6 Å². The maximum absolute atomic E-state index is 12.5. The predicted octanol–water partition coefficient (Wildman–Crippen LogP) is -4.20. The van der Waals surface area contributed by atoms with Crippen molar-refractivity contribution in [3.63, 3.8) is 0 Å². The van der Waals surface area contributed by atoms with Gasteiger partial charge in [-0.3, -0.25) is 19.6 Å². The van der Waals surface area contributed by atoms with Gasteiger partial charge in [0.15, 0.2) is 10.8 Å². The van der Waals surface area contributed by atoms with Crippen molar-refractivity contribution < 1.29 is 49.0 Å². The van der Waals surface area contributed by atoms with E-state index < -0.39 is 23.3 Å². The number of carboxylic acid groups (broad SMARTS) is 1. The first-order valence-electron chi connectivity index (χ1n) is 8.23. The zero-order valence-corrected chi connectivity index (χ0v) is 19.1. The number of nitrogens with one attached hydrogen (secondary N) is 2. The normalized spacial score (nSPS) is 20.7. The van der Waals surface area contributed by atoms with Crippen molar-refractivity contribution in [2.75, 3.05) is 11.5 Å². The fourth-order valence-electron chi connectivity index (χ4n) is 2.93. The molecule has 1 unspecified atom stereocenters. The number of rotatable bonds is 5. The van der Waals surface area contributed by atoms with Crippen LogP contribution < -0.4 is 45.7 Å². The molecule has 2 amide bonds. The molecule has 4 N–H and O–H groups in total. The van der Waals surface area contributed by atoms with Crippen molar-refractivity contribution in [3.8, 4) is 0 Å². The summed E-state index contributed by atoms with van der Waals surface area (Å²) in [6, 6.07) is -0.744. The van der Waals surface area contributed by atoms with Gasteiger partial charge in [-0.05, 0) is 0 Å². The van der Waals surface area contributed by atoms with E-state index in [4.69, 9.17) is 5.73 Å². The number of aliphatic carboxylic acids is 1. The van der Waals surface area contributed by atoms with Crippen LogP contribution in [-0.4, -0.2) is 60.0 Å². The smallest absolute Gasteiger partial charge is 0.543 e. The van der Waals surface area contributed by atoms with E-state index in [-0.39, 0.29) is 58.6 Å². The van der Waals surface area contributed by atoms with Crippen LogP contribution in [-0.2, 0) is 14.4 Å². The molecule has 0 aliphatic carbocycles. The molecule has 2 aliphatic rings. The zero-order chi connectivity index (χ0) is 20.0. The van der Waals surface area contributed by atoms with Gasteiger partial charge in [0, 0.05) is 17.1 Å². The Morgan fingerprint density at radius 3 is 2.93 bits per heavy atom. The number of nitrogens with zero attached hydrogens (tertiary/aromatic N) is 4.